The molecular weight excluding hydrogens is 374 g/mol. The maximum Gasteiger partial charge on any atom is 0.243 e. The molecule has 0 saturated carbocycles. The van der Waals surface area contributed by atoms with E-state index in [-0.39, 0.29) is 22.8 Å². The number of aromatic nitrogens is 1. The highest BCUT2D eigenvalue weighted by Gasteiger charge is 2.34. The lowest BCUT2D eigenvalue weighted by molar-refractivity contribution is -0.116. The van der Waals surface area contributed by atoms with Crippen LogP contribution in [0.3, 0.4) is 0 Å². The second-order valence-corrected chi connectivity index (χ2v) is 9.47. The summed E-state index contributed by atoms with van der Waals surface area (Å²) in [7, 11) is -3.63. The topological polar surface area (TPSA) is 79.4 Å². The van der Waals surface area contributed by atoms with E-state index in [0.29, 0.717) is 18.7 Å². The quantitative estimate of drug-likeness (QED) is 0.794. The van der Waals surface area contributed by atoms with Crippen molar-refractivity contribution in [1.29, 1.82) is 0 Å². The van der Waals surface area contributed by atoms with Crippen molar-refractivity contribution in [1.82, 2.24) is 9.29 Å². The van der Waals surface area contributed by atoms with Gasteiger partial charge >= 0.3 is 0 Å². The fourth-order valence-corrected chi connectivity index (χ4v) is 5.21. The molecule has 2 aromatic rings. The summed E-state index contributed by atoms with van der Waals surface area (Å²) in [5.74, 6) is 0.196. The Bertz CT molecular complexity index is 896. The van der Waals surface area contributed by atoms with Crippen LogP contribution in [0.15, 0.2) is 53.7 Å². The molecule has 7 heteroatoms. The zero-order chi connectivity index (χ0) is 20.1. The molecule has 0 bridgehead atoms. The van der Waals surface area contributed by atoms with E-state index in [2.05, 4.69) is 10.3 Å². The van der Waals surface area contributed by atoms with Crippen molar-refractivity contribution in [3.05, 3.63) is 54.4 Å². The highest BCUT2D eigenvalue weighted by molar-refractivity contribution is 7.89. The molecule has 1 aliphatic heterocycles. The fourth-order valence-electron chi connectivity index (χ4n) is 3.53. The standard InChI is InChI=1S/C21H27N3O3S/c1-16(2)14-21(25)23-18-8-10-19(11-9-18)28(26,27)24-13-4-3-7-20(24)17-6-5-12-22-15-17/h5-6,8-12,15-16,20H,3-4,7,13-14H2,1-2H3,(H,23,25)/t20-/m1/s1. The van der Waals surface area contributed by atoms with Crippen LogP contribution in [0.5, 0.6) is 0 Å². The van der Waals surface area contributed by atoms with E-state index in [1.807, 2.05) is 26.0 Å². The zero-order valence-electron chi connectivity index (χ0n) is 16.3. The van der Waals surface area contributed by atoms with Gasteiger partial charge in [0, 0.05) is 31.0 Å². The van der Waals surface area contributed by atoms with Gasteiger partial charge in [-0.05, 0) is 54.7 Å². The second kappa shape index (κ2) is 8.84. The van der Waals surface area contributed by atoms with Gasteiger partial charge in [-0.25, -0.2) is 8.42 Å². The van der Waals surface area contributed by atoms with E-state index in [1.165, 1.54) is 0 Å². The first-order valence-electron chi connectivity index (χ1n) is 9.69. The number of nitrogens with one attached hydrogen (secondary N) is 1. The SMILES string of the molecule is CC(C)CC(=O)Nc1ccc(S(=O)(=O)N2CCCC[C@@H]2c2cccnc2)cc1. The zero-order valence-corrected chi connectivity index (χ0v) is 17.2. The van der Waals surface area contributed by atoms with Gasteiger partial charge in [-0.15, -0.1) is 0 Å². The van der Waals surface area contributed by atoms with Gasteiger partial charge in [0.15, 0.2) is 0 Å². The normalized spacial score (nSPS) is 18.2. The summed E-state index contributed by atoms with van der Waals surface area (Å²) in [5.41, 5.74) is 1.52. The maximum absolute atomic E-state index is 13.3. The highest BCUT2D eigenvalue weighted by atomic mass is 32.2. The minimum Gasteiger partial charge on any atom is -0.326 e. The summed E-state index contributed by atoms with van der Waals surface area (Å²) >= 11 is 0. The molecule has 1 saturated heterocycles. The number of nitrogens with zero attached hydrogens (tertiary/aromatic N) is 2. The number of anilines is 1. The number of carbonyl (C=O) groups excluding carboxylic acids is 1. The van der Waals surface area contributed by atoms with E-state index < -0.39 is 10.0 Å². The van der Waals surface area contributed by atoms with Crippen LogP contribution in [-0.4, -0.2) is 30.2 Å². The first kappa shape index (κ1) is 20.5. The van der Waals surface area contributed by atoms with Crippen molar-refractivity contribution in [2.45, 2.75) is 50.5 Å². The van der Waals surface area contributed by atoms with E-state index in [4.69, 9.17) is 0 Å². The van der Waals surface area contributed by atoms with E-state index in [0.717, 1.165) is 24.8 Å². The van der Waals surface area contributed by atoms with Gasteiger partial charge in [-0.2, -0.15) is 4.31 Å². The van der Waals surface area contributed by atoms with Crippen LogP contribution in [0.1, 0.15) is 51.1 Å². The molecule has 1 aliphatic rings. The Morgan fingerprint density at radius 1 is 1.21 bits per heavy atom. The fraction of sp³-hybridized carbons (Fsp3) is 0.429. The average molecular weight is 402 g/mol. The summed E-state index contributed by atoms with van der Waals surface area (Å²) in [4.78, 5) is 16.3. The summed E-state index contributed by atoms with van der Waals surface area (Å²) in [6, 6.07) is 9.99. The Morgan fingerprint density at radius 3 is 2.61 bits per heavy atom. The Balaban J connectivity index is 1.80. The van der Waals surface area contributed by atoms with Gasteiger partial charge in [-0.1, -0.05) is 26.3 Å². The molecule has 150 valence electrons. The minimum absolute atomic E-state index is 0.0710. The van der Waals surface area contributed by atoms with Gasteiger partial charge in [0.2, 0.25) is 15.9 Å². The van der Waals surface area contributed by atoms with Crippen LogP contribution in [0, 0.1) is 5.92 Å². The van der Waals surface area contributed by atoms with Crippen LogP contribution in [0.2, 0.25) is 0 Å². The lowest BCUT2D eigenvalue weighted by atomic mass is 9.99. The Hall–Kier alpha value is -2.25. The molecule has 1 aromatic heterocycles. The number of piperidine rings is 1. The number of hydrogen-bond donors (Lipinski definition) is 1. The van der Waals surface area contributed by atoms with Crippen molar-refractivity contribution in [3.63, 3.8) is 0 Å². The molecule has 3 rings (SSSR count). The van der Waals surface area contributed by atoms with Gasteiger partial charge < -0.3 is 5.32 Å². The third-order valence-corrected chi connectivity index (χ3v) is 6.78. The van der Waals surface area contributed by atoms with Crippen molar-refractivity contribution < 1.29 is 13.2 Å². The number of amides is 1. The summed E-state index contributed by atoms with van der Waals surface area (Å²) in [6.07, 6.45) is 6.49. The third kappa shape index (κ3) is 4.77. The Kier molecular flexibility index (Phi) is 6.46. The van der Waals surface area contributed by atoms with Gasteiger partial charge in [-0.3, -0.25) is 9.78 Å². The second-order valence-electron chi connectivity index (χ2n) is 7.58. The number of hydrogen-bond acceptors (Lipinski definition) is 4. The minimum atomic E-state index is -3.63. The summed E-state index contributed by atoms with van der Waals surface area (Å²) in [6.45, 7) is 4.45. The van der Waals surface area contributed by atoms with Crippen LogP contribution in [-0.2, 0) is 14.8 Å². The molecule has 0 unspecified atom stereocenters. The number of rotatable bonds is 6. The van der Waals surface area contributed by atoms with Gasteiger partial charge in [0.1, 0.15) is 0 Å². The van der Waals surface area contributed by atoms with Gasteiger partial charge in [0.05, 0.1) is 10.9 Å². The number of sulfonamides is 1. The van der Waals surface area contributed by atoms with Crippen molar-refractivity contribution in [2.24, 2.45) is 5.92 Å². The lowest BCUT2D eigenvalue weighted by Gasteiger charge is -2.34. The van der Waals surface area contributed by atoms with Crippen LogP contribution < -0.4 is 5.32 Å². The molecule has 6 nitrogen and oxygen atoms in total. The summed E-state index contributed by atoms with van der Waals surface area (Å²) < 4.78 is 28.1. The van der Waals surface area contributed by atoms with Crippen molar-refractivity contribution >= 4 is 21.6 Å². The molecular formula is C21H27N3O3S. The van der Waals surface area contributed by atoms with Crippen LogP contribution in [0.25, 0.3) is 0 Å². The smallest absolute Gasteiger partial charge is 0.243 e. The lowest BCUT2D eigenvalue weighted by Crippen LogP contribution is -2.38. The molecule has 1 amide bonds. The van der Waals surface area contributed by atoms with E-state index >= 15 is 0 Å². The highest BCUT2D eigenvalue weighted by Crippen LogP contribution is 2.35. The molecule has 0 radical (unpaired) electrons. The molecule has 0 aliphatic carbocycles. The van der Waals surface area contributed by atoms with Gasteiger partial charge in [0.25, 0.3) is 0 Å². The van der Waals surface area contributed by atoms with E-state index in [9.17, 15) is 13.2 Å². The predicted molar refractivity (Wildman–Crippen MR) is 109 cm³/mol. The molecule has 0 spiro atoms. The van der Waals surface area contributed by atoms with Crippen molar-refractivity contribution in [2.75, 3.05) is 11.9 Å². The molecule has 1 N–H and O–H groups in total. The summed E-state index contributed by atoms with van der Waals surface area (Å²) in [5, 5.41) is 2.81. The molecule has 1 fully saturated rings. The number of benzene rings is 1. The Morgan fingerprint density at radius 2 is 1.96 bits per heavy atom. The first-order chi connectivity index (χ1) is 13.4. The molecule has 1 atom stereocenters. The largest absolute Gasteiger partial charge is 0.326 e. The molecule has 28 heavy (non-hydrogen) atoms. The maximum atomic E-state index is 13.3. The molecule has 1 aromatic carbocycles. The van der Waals surface area contributed by atoms with Crippen molar-refractivity contribution in [3.8, 4) is 0 Å². The average Bonchev–Trinajstić information content (AvgIpc) is 2.68. The first-order valence-corrected chi connectivity index (χ1v) is 11.1. The monoisotopic (exact) mass is 401 g/mol. The number of carbonyl (C=O) groups is 1. The molecule has 2 heterocycles. The van der Waals surface area contributed by atoms with Crippen LogP contribution >= 0.6 is 0 Å². The van der Waals surface area contributed by atoms with Crippen LogP contribution in [0.4, 0.5) is 5.69 Å². The third-order valence-electron chi connectivity index (χ3n) is 4.86. The Labute approximate surface area is 167 Å². The number of pyridine rings is 1. The van der Waals surface area contributed by atoms with E-state index in [1.54, 1.807) is 41.0 Å². The predicted octanol–water partition coefficient (Wildman–Crippen LogP) is 3.98.